The van der Waals surface area contributed by atoms with E-state index < -0.39 is 0 Å². The maximum atomic E-state index is 9.69. The Kier molecular flexibility index (Phi) is 4.15. The number of hydrogen-bond acceptors (Lipinski definition) is 3. The summed E-state index contributed by atoms with van der Waals surface area (Å²) in [7, 11) is 0. The molecular formula is C18H16O2S. The van der Waals surface area contributed by atoms with Gasteiger partial charge in [-0.25, -0.2) is 0 Å². The van der Waals surface area contributed by atoms with Gasteiger partial charge in [-0.2, -0.15) is 0 Å². The molecule has 0 radical (unpaired) electrons. The second-order valence-electron chi connectivity index (χ2n) is 4.75. The van der Waals surface area contributed by atoms with Crippen LogP contribution in [0.2, 0.25) is 0 Å². The third kappa shape index (κ3) is 2.63. The van der Waals surface area contributed by atoms with Gasteiger partial charge in [0.25, 0.3) is 0 Å². The van der Waals surface area contributed by atoms with Gasteiger partial charge in [-0.05, 0) is 11.1 Å². The topological polar surface area (TPSA) is 40.5 Å². The fourth-order valence-corrected chi connectivity index (χ4v) is 3.64. The quantitative estimate of drug-likeness (QED) is 0.762. The Morgan fingerprint density at radius 2 is 1.00 bits per heavy atom. The molecule has 0 saturated carbocycles. The summed E-state index contributed by atoms with van der Waals surface area (Å²) in [5.41, 5.74) is 4.18. The van der Waals surface area contributed by atoms with Crippen LogP contribution in [0.4, 0.5) is 0 Å². The van der Waals surface area contributed by atoms with Crippen molar-refractivity contribution >= 4 is 11.3 Å². The molecule has 0 unspecified atom stereocenters. The van der Waals surface area contributed by atoms with Gasteiger partial charge in [0, 0.05) is 20.9 Å². The number of aliphatic hydroxyl groups excluding tert-OH is 2. The molecule has 0 fully saturated rings. The fraction of sp³-hybridized carbons (Fsp3) is 0.111. The van der Waals surface area contributed by atoms with Crippen molar-refractivity contribution in [2.75, 3.05) is 0 Å². The molecule has 2 N–H and O–H groups in total. The molecule has 2 aromatic carbocycles. The van der Waals surface area contributed by atoms with Crippen molar-refractivity contribution in [2.45, 2.75) is 13.2 Å². The van der Waals surface area contributed by atoms with E-state index in [2.05, 4.69) is 0 Å². The van der Waals surface area contributed by atoms with Crippen molar-refractivity contribution in [3.63, 3.8) is 0 Å². The number of hydrogen-bond donors (Lipinski definition) is 2. The van der Waals surface area contributed by atoms with Crippen LogP contribution in [0.5, 0.6) is 0 Å². The highest BCUT2D eigenvalue weighted by molar-refractivity contribution is 7.13. The normalized spacial score (nSPS) is 10.8. The highest BCUT2D eigenvalue weighted by Crippen LogP contribution is 2.43. The third-order valence-electron chi connectivity index (χ3n) is 3.47. The Labute approximate surface area is 128 Å². The average molecular weight is 296 g/mol. The first-order valence-electron chi connectivity index (χ1n) is 6.82. The lowest BCUT2D eigenvalue weighted by Crippen LogP contribution is -1.88. The molecular weight excluding hydrogens is 280 g/mol. The van der Waals surface area contributed by atoms with E-state index >= 15 is 0 Å². The summed E-state index contributed by atoms with van der Waals surface area (Å²) >= 11 is 1.48. The summed E-state index contributed by atoms with van der Waals surface area (Å²) in [6.45, 7) is -0.0382. The Morgan fingerprint density at radius 1 is 0.619 bits per heavy atom. The molecule has 3 rings (SSSR count). The summed E-state index contributed by atoms with van der Waals surface area (Å²) in [6.07, 6.45) is 0. The lowest BCUT2D eigenvalue weighted by atomic mass is 9.95. The molecule has 1 aromatic heterocycles. The van der Waals surface area contributed by atoms with E-state index in [1.54, 1.807) is 0 Å². The van der Waals surface area contributed by atoms with E-state index in [4.69, 9.17) is 0 Å². The van der Waals surface area contributed by atoms with Crippen LogP contribution in [-0.2, 0) is 13.2 Å². The van der Waals surface area contributed by atoms with Gasteiger partial charge in [0.2, 0.25) is 0 Å². The summed E-state index contributed by atoms with van der Waals surface area (Å²) in [5, 5.41) is 19.4. The monoisotopic (exact) mass is 296 g/mol. The zero-order chi connectivity index (χ0) is 14.7. The van der Waals surface area contributed by atoms with Crippen LogP contribution in [0, 0.1) is 0 Å². The third-order valence-corrected chi connectivity index (χ3v) is 4.63. The molecule has 0 saturated heterocycles. The van der Waals surface area contributed by atoms with E-state index in [-0.39, 0.29) is 13.2 Å². The van der Waals surface area contributed by atoms with E-state index in [9.17, 15) is 10.2 Å². The van der Waals surface area contributed by atoms with Crippen molar-refractivity contribution < 1.29 is 10.2 Å². The average Bonchev–Trinajstić information content (AvgIpc) is 2.95. The number of thiophene rings is 1. The molecule has 0 aliphatic heterocycles. The Bertz CT molecular complexity index is 656. The largest absolute Gasteiger partial charge is 0.391 e. The van der Waals surface area contributed by atoms with Gasteiger partial charge < -0.3 is 10.2 Å². The predicted octanol–water partition coefficient (Wildman–Crippen LogP) is 4.07. The van der Waals surface area contributed by atoms with Gasteiger partial charge in [-0.15, -0.1) is 11.3 Å². The van der Waals surface area contributed by atoms with Gasteiger partial charge >= 0.3 is 0 Å². The smallest absolute Gasteiger partial charge is 0.0781 e. The van der Waals surface area contributed by atoms with Crippen LogP contribution in [-0.4, -0.2) is 10.2 Å². The minimum Gasteiger partial charge on any atom is -0.391 e. The Morgan fingerprint density at radius 3 is 1.33 bits per heavy atom. The molecule has 2 nitrogen and oxygen atoms in total. The first-order chi connectivity index (χ1) is 10.3. The van der Waals surface area contributed by atoms with Crippen LogP contribution in [0.3, 0.4) is 0 Å². The van der Waals surface area contributed by atoms with Crippen molar-refractivity contribution in [1.29, 1.82) is 0 Å². The molecule has 106 valence electrons. The van der Waals surface area contributed by atoms with Gasteiger partial charge in [-0.1, -0.05) is 60.7 Å². The highest BCUT2D eigenvalue weighted by Gasteiger charge is 2.19. The second kappa shape index (κ2) is 6.22. The minimum absolute atomic E-state index is 0.0191. The fourth-order valence-electron chi connectivity index (χ4n) is 2.57. The first kappa shape index (κ1) is 14.0. The summed E-state index contributed by atoms with van der Waals surface area (Å²) in [4.78, 5) is 1.79. The molecule has 0 bridgehead atoms. The zero-order valence-corrected chi connectivity index (χ0v) is 12.3. The van der Waals surface area contributed by atoms with Gasteiger partial charge in [-0.3, -0.25) is 0 Å². The SMILES string of the molecule is OCc1sc(CO)c(-c2ccccc2)c1-c1ccccc1. The Hall–Kier alpha value is -1.94. The summed E-state index contributed by atoms with van der Waals surface area (Å²) in [5.74, 6) is 0. The number of aliphatic hydroxyl groups is 2. The second-order valence-corrected chi connectivity index (χ2v) is 5.94. The maximum absolute atomic E-state index is 9.69. The number of benzene rings is 2. The van der Waals surface area contributed by atoms with Crippen LogP contribution in [0.1, 0.15) is 9.75 Å². The highest BCUT2D eigenvalue weighted by atomic mass is 32.1. The lowest BCUT2D eigenvalue weighted by molar-refractivity contribution is 0.285. The standard InChI is InChI=1S/C18H16O2S/c19-11-15-17(13-7-3-1-4-8-13)18(16(12-20)21-15)14-9-5-2-6-10-14/h1-10,19-20H,11-12H2. The van der Waals surface area contributed by atoms with E-state index in [1.807, 2.05) is 60.7 Å². The molecule has 1 heterocycles. The van der Waals surface area contributed by atoms with Crippen LogP contribution in [0.25, 0.3) is 22.3 Å². The van der Waals surface area contributed by atoms with Crippen molar-refractivity contribution in [1.82, 2.24) is 0 Å². The lowest BCUT2D eigenvalue weighted by Gasteiger charge is -2.09. The van der Waals surface area contributed by atoms with Crippen molar-refractivity contribution in [3.8, 4) is 22.3 Å². The number of rotatable bonds is 4. The summed E-state index contributed by atoms with van der Waals surface area (Å²) < 4.78 is 0. The molecule has 0 amide bonds. The van der Waals surface area contributed by atoms with Gasteiger partial charge in [0.1, 0.15) is 0 Å². The summed E-state index contributed by atoms with van der Waals surface area (Å²) in [6, 6.07) is 20.0. The van der Waals surface area contributed by atoms with Gasteiger partial charge in [0.05, 0.1) is 13.2 Å². The van der Waals surface area contributed by atoms with E-state index in [0.717, 1.165) is 32.0 Å². The molecule has 0 aliphatic carbocycles. The molecule has 0 atom stereocenters. The van der Waals surface area contributed by atoms with Crippen LogP contribution in [0.15, 0.2) is 60.7 Å². The zero-order valence-electron chi connectivity index (χ0n) is 11.5. The van der Waals surface area contributed by atoms with Crippen molar-refractivity contribution in [2.24, 2.45) is 0 Å². The first-order valence-corrected chi connectivity index (χ1v) is 7.64. The maximum Gasteiger partial charge on any atom is 0.0781 e. The molecule has 0 spiro atoms. The van der Waals surface area contributed by atoms with E-state index in [1.165, 1.54) is 11.3 Å². The molecule has 21 heavy (non-hydrogen) atoms. The molecule has 3 heteroatoms. The van der Waals surface area contributed by atoms with Crippen molar-refractivity contribution in [3.05, 3.63) is 70.4 Å². The van der Waals surface area contributed by atoms with Crippen LogP contribution >= 0.6 is 11.3 Å². The Balaban J connectivity index is 2.29. The predicted molar refractivity (Wildman–Crippen MR) is 87.0 cm³/mol. The van der Waals surface area contributed by atoms with Crippen LogP contribution < -0.4 is 0 Å². The molecule has 3 aromatic rings. The minimum atomic E-state index is -0.0191. The van der Waals surface area contributed by atoms with E-state index in [0.29, 0.717) is 0 Å². The molecule has 0 aliphatic rings. The van der Waals surface area contributed by atoms with Gasteiger partial charge in [0.15, 0.2) is 0 Å².